The third-order valence-corrected chi connectivity index (χ3v) is 6.04. The van der Waals surface area contributed by atoms with Crippen molar-refractivity contribution >= 4 is 10.9 Å². The Kier molecular flexibility index (Phi) is 6.60. The molecular weight excluding hydrogens is 506 g/mol. The summed E-state index contributed by atoms with van der Waals surface area (Å²) >= 11 is 0. The molecule has 0 saturated heterocycles. The normalized spacial score (nSPS) is 12.2. The van der Waals surface area contributed by atoms with Crippen LogP contribution in [0, 0.1) is 0 Å². The lowest BCUT2D eigenvalue weighted by molar-refractivity contribution is -0.138. The molecule has 5 rings (SSSR count). The van der Waals surface area contributed by atoms with Gasteiger partial charge in [-0.3, -0.25) is 4.68 Å². The summed E-state index contributed by atoms with van der Waals surface area (Å²) in [6.07, 6.45) is -9.01. The first-order valence-electron chi connectivity index (χ1n) is 11.6. The van der Waals surface area contributed by atoms with Crippen molar-refractivity contribution in [3.05, 3.63) is 119 Å². The zero-order valence-electron chi connectivity index (χ0n) is 19.7. The lowest BCUT2D eigenvalue weighted by atomic mass is 10.0. The molecule has 0 N–H and O–H groups in total. The van der Waals surface area contributed by atoms with Crippen molar-refractivity contribution in [3.8, 4) is 17.0 Å². The van der Waals surface area contributed by atoms with Crippen molar-refractivity contribution in [1.82, 2.24) is 9.78 Å². The van der Waals surface area contributed by atoms with Gasteiger partial charge in [-0.25, -0.2) is 0 Å². The van der Waals surface area contributed by atoms with Gasteiger partial charge in [0.1, 0.15) is 17.9 Å². The summed E-state index contributed by atoms with van der Waals surface area (Å²) < 4.78 is 87.3. The van der Waals surface area contributed by atoms with Gasteiger partial charge in [-0.15, -0.1) is 0 Å². The lowest BCUT2D eigenvalue weighted by Crippen LogP contribution is -2.06. The van der Waals surface area contributed by atoms with Crippen LogP contribution in [0.15, 0.2) is 97.1 Å². The highest BCUT2D eigenvalue weighted by atomic mass is 19.4. The van der Waals surface area contributed by atoms with Crippen molar-refractivity contribution in [1.29, 1.82) is 0 Å². The number of halogens is 6. The molecule has 0 aliphatic rings. The maximum Gasteiger partial charge on any atom is 0.418 e. The fraction of sp³-hybridized carbons (Fsp3) is 0.138. The van der Waals surface area contributed by atoms with Gasteiger partial charge in [0.05, 0.1) is 23.4 Å². The number of nitrogens with zero attached hydrogens (tertiary/aromatic N) is 2. The number of benzene rings is 4. The molecule has 0 fully saturated rings. The molecule has 0 radical (unpaired) electrons. The monoisotopic (exact) mass is 526 g/mol. The Morgan fingerprint density at radius 1 is 0.684 bits per heavy atom. The maximum atomic E-state index is 13.7. The molecule has 0 amide bonds. The molecule has 3 nitrogen and oxygen atoms in total. The summed E-state index contributed by atoms with van der Waals surface area (Å²) in [6.45, 7) is 0.184. The van der Waals surface area contributed by atoms with E-state index in [1.807, 2.05) is 30.3 Å². The summed E-state index contributed by atoms with van der Waals surface area (Å²) in [5, 5.41) is 4.71. The summed E-state index contributed by atoms with van der Waals surface area (Å²) in [5.74, 6) is 0.403. The van der Waals surface area contributed by atoms with E-state index in [2.05, 4.69) is 5.10 Å². The third-order valence-electron chi connectivity index (χ3n) is 6.04. The minimum atomic E-state index is -4.57. The highest BCUT2D eigenvalue weighted by molar-refractivity contribution is 5.95. The minimum absolute atomic E-state index is 0.0763. The second kappa shape index (κ2) is 9.89. The van der Waals surface area contributed by atoms with Gasteiger partial charge < -0.3 is 4.74 Å². The van der Waals surface area contributed by atoms with Crippen LogP contribution in [0.4, 0.5) is 26.3 Å². The molecule has 0 aliphatic heterocycles. The van der Waals surface area contributed by atoms with Crippen LogP contribution < -0.4 is 4.74 Å². The van der Waals surface area contributed by atoms with Gasteiger partial charge in [0.15, 0.2) is 0 Å². The summed E-state index contributed by atoms with van der Waals surface area (Å²) in [6, 6.07) is 24.8. The molecule has 5 aromatic rings. The van der Waals surface area contributed by atoms with E-state index in [1.165, 1.54) is 18.2 Å². The Morgan fingerprint density at radius 2 is 1.37 bits per heavy atom. The van der Waals surface area contributed by atoms with Gasteiger partial charge in [-0.2, -0.15) is 31.4 Å². The Bertz CT molecular complexity index is 1550. The Labute approximate surface area is 213 Å². The van der Waals surface area contributed by atoms with Crippen LogP contribution >= 0.6 is 0 Å². The van der Waals surface area contributed by atoms with Crippen molar-refractivity contribution in [3.63, 3.8) is 0 Å². The van der Waals surface area contributed by atoms with Crippen LogP contribution in [-0.4, -0.2) is 9.78 Å². The van der Waals surface area contributed by atoms with E-state index < -0.39 is 23.5 Å². The van der Waals surface area contributed by atoms with E-state index >= 15 is 0 Å². The van der Waals surface area contributed by atoms with Gasteiger partial charge in [0.25, 0.3) is 0 Å². The smallest absolute Gasteiger partial charge is 0.418 e. The summed E-state index contributed by atoms with van der Waals surface area (Å²) in [7, 11) is 0. The van der Waals surface area contributed by atoms with Crippen LogP contribution in [-0.2, 0) is 25.5 Å². The molecule has 1 aromatic heterocycles. The van der Waals surface area contributed by atoms with Crippen LogP contribution in [0.2, 0.25) is 0 Å². The zero-order valence-corrected chi connectivity index (χ0v) is 19.7. The van der Waals surface area contributed by atoms with Crippen LogP contribution in [0.3, 0.4) is 0 Å². The molecule has 194 valence electrons. The molecular formula is C29H20F6N2O. The van der Waals surface area contributed by atoms with E-state index in [-0.39, 0.29) is 18.7 Å². The molecule has 38 heavy (non-hydrogen) atoms. The Morgan fingerprint density at radius 3 is 2.05 bits per heavy atom. The number of hydrogen-bond donors (Lipinski definition) is 0. The van der Waals surface area contributed by atoms with Gasteiger partial charge >= 0.3 is 12.4 Å². The number of ether oxygens (including phenoxy) is 1. The van der Waals surface area contributed by atoms with Crippen LogP contribution in [0.25, 0.3) is 22.2 Å². The van der Waals surface area contributed by atoms with E-state index in [9.17, 15) is 26.3 Å². The fourth-order valence-corrected chi connectivity index (χ4v) is 4.27. The summed E-state index contributed by atoms with van der Waals surface area (Å²) in [5.41, 5.74) is 0.644. The molecule has 0 unspecified atom stereocenters. The molecule has 0 spiro atoms. The standard InChI is InChI=1S/C29H20F6N2O/c30-28(31,32)22-9-4-8-20(16-22)18-38-23-14-12-21(13-15-23)27-24-10-5-11-25(29(33,34)35)26(24)36-37(27)17-19-6-2-1-3-7-19/h1-16H,17-18H2. The second-order valence-electron chi connectivity index (χ2n) is 8.70. The average molecular weight is 526 g/mol. The van der Waals surface area contributed by atoms with Crippen LogP contribution in [0.5, 0.6) is 5.75 Å². The molecule has 1 heterocycles. The predicted octanol–water partition coefficient (Wildman–Crippen LogP) is 8.37. The summed E-state index contributed by atoms with van der Waals surface area (Å²) in [4.78, 5) is 0. The highest BCUT2D eigenvalue weighted by Crippen LogP contribution is 2.38. The predicted molar refractivity (Wildman–Crippen MR) is 131 cm³/mol. The molecule has 0 bridgehead atoms. The first kappa shape index (κ1) is 25.4. The number of rotatable bonds is 6. The van der Waals surface area contributed by atoms with Crippen molar-refractivity contribution in [2.75, 3.05) is 0 Å². The quantitative estimate of drug-likeness (QED) is 0.208. The first-order chi connectivity index (χ1) is 18.1. The zero-order chi connectivity index (χ0) is 26.9. The number of hydrogen-bond acceptors (Lipinski definition) is 2. The third kappa shape index (κ3) is 5.37. The van der Waals surface area contributed by atoms with E-state index in [0.717, 1.165) is 23.8 Å². The van der Waals surface area contributed by atoms with Crippen molar-refractivity contribution < 1.29 is 31.1 Å². The average Bonchev–Trinajstić information content (AvgIpc) is 3.25. The van der Waals surface area contributed by atoms with Crippen molar-refractivity contribution in [2.45, 2.75) is 25.5 Å². The van der Waals surface area contributed by atoms with Gasteiger partial charge in [0.2, 0.25) is 0 Å². The first-order valence-corrected chi connectivity index (χ1v) is 11.6. The minimum Gasteiger partial charge on any atom is -0.489 e. The fourth-order valence-electron chi connectivity index (χ4n) is 4.27. The Balaban J connectivity index is 1.47. The molecule has 0 saturated carbocycles. The highest BCUT2D eigenvalue weighted by Gasteiger charge is 2.34. The molecule has 0 aliphatic carbocycles. The second-order valence-corrected chi connectivity index (χ2v) is 8.70. The van der Waals surface area contributed by atoms with Gasteiger partial charge in [-0.05, 0) is 53.6 Å². The number of alkyl halides is 6. The van der Waals surface area contributed by atoms with E-state index in [4.69, 9.17) is 4.74 Å². The lowest BCUT2D eigenvalue weighted by Gasteiger charge is -2.11. The number of aromatic nitrogens is 2. The maximum absolute atomic E-state index is 13.7. The number of fused-ring (bicyclic) bond motifs is 1. The van der Waals surface area contributed by atoms with Crippen molar-refractivity contribution in [2.24, 2.45) is 0 Å². The van der Waals surface area contributed by atoms with E-state index in [0.29, 0.717) is 28.0 Å². The molecule has 4 aromatic carbocycles. The van der Waals surface area contributed by atoms with Gasteiger partial charge in [0, 0.05) is 10.9 Å². The van der Waals surface area contributed by atoms with E-state index in [1.54, 1.807) is 35.0 Å². The van der Waals surface area contributed by atoms with Gasteiger partial charge in [-0.1, -0.05) is 54.6 Å². The molecule has 9 heteroatoms. The van der Waals surface area contributed by atoms with Crippen LogP contribution in [0.1, 0.15) is 22.3 Å². The SMILES string of the molecule is FC(F)(F)c1cccc(COc2ccc(-c3c4cccc(C(F)(F)F)c4nn3Cc3ccccc3)cc2)c1. The molecule has 0 atom stereocenters. The largest absolute Gasteiger partial charge is 0.489 e. The topological polar surface area (TPSA) is 27.1 Å². The Hall–Kier alpha value is -4.27.